The number of carboxylic acid groups (broad SMARTS) is 1. The van der Waals surface area contributed by atoms with E-state index in [1.807, 2.05) is 0 Å². The molecule has 0 spiro atoms. The van der Waals surface area contributed by atoms with Gasteiger partial charge in [-0.3, -0.25) is 0 Å². The van der Waals surface area contributed by atoms with Crippen LogP contribution < -0.4 is 4.74 Å². The van der Waals surface area contributed by atoms with Crippen molar-refractivity contribution in [1.29, 1.82) is 0 Å². The van der Waals surface area contributed by atoms with Gasteiger partial charge in [-0.15, -0.1) is 0 Å². The second-order valence-electron chi connectivity index (χ2n) is 3.92. The monoisotopic (exact) mass is 274 g/mol. The molecule has 2 rings (SSSR count). The van der Waals surface area contributed by atoms with E-state index in [4.69, 9.17) is 21.4 Å². The quantitative estimate of drug-likeness (QED) is 0.901. The van der Waals surface area contributed by atoms with Crippen LogP contribution in [0.25, 0.3) is 6.08 Å². The molecule has 1 heterocycles. The number of hydrogen-bond donors (Lipinski definition) is 1. The topological polar surface area (TPSA) is 46.5 Å². The lowest BCUT2D eigenvalue weighted by Crippen LogP contribution is -2.33. The summed E-state index contributed by atoms with van der Waals surface area (Å²) in [6.45, 7) is 1.71. The Balaban J connectivity index is 2.54. The van der Waals surface area contributed by atoms with Crippen molar-refractivity contribution in [1.82, 2.24) is 0 Å². The van der Waals surface area contributed by atoms with Crippen molar-refractivity contribution in [3.8, 4) is 5.75 Å². The van der Waals surface area contributed by atoms with E-state index in [1.54, 1.807) is 6.92 Å². The Labute approximate surface area is 107 Å². The first kappa shape index (κ1) is 12.8. The van der Waals surface area contributed by atoms with Crippen LogP contribution in [0.5, 0.6) is 5.75 Å². The molecule has 1 aliphatic rings. The van der Waals surface area contributed by atoms with Gasteiger partial charge in [-0.05, 0) is 30.7 Å². The van der Waals surface area contributed by atoms with Crippen LogP contribution in [0, 0.1) is 6.92 Å². The Hall–Kier alpha value is -1.62. The molecule has 0 bridgehead atoms. The predicted octanol–water partition coefficient (Wildman–Crippen LogP) is 3.14. The number of halogens is 3. The molecule has 96 valence electrons. The Kier molecular flexibility index (Phi) is 3.26. The first-order valence-electron chi connectivity index (χ1n) is 5.10. The number of aryl methyl sites for hydroxylation is 1. The fourth-order valence-electron chi connectivity index (χ4n) is 1.71. The molecule has 0 saturated carbocycles. The normalized spacial score (nSPS) is 18.1. The van der Waals surface area contributed by atoms with Crippen LogP contribution >= 0.6 is 11.6 Å². The van der Waals surface area contributed by atoms with E-state index in [9.17, 15) is 13.6 Å². The number of carboxylic acids is 1. The Morgan fingerprint density at radius 2 is 2.17 bits per heavy atom. The first-order valence-corrected chi connectivity index (χ1v) is 5.47. The molecule has 1 atom stereocenters. The highest BCUT2D eigenvalue weighted by Gasteiger charge is 2.34. The van der Waals surface area contributed by atoms with E-state index in [1.165, 1.54) is 18.2 Å². The molecule has 0 amide bonds. The van der Waals surface area contributed by atoms with E-state index < -0.39 is 24.1 Å². The second-order valence-corrected chi connectivity index (χ2v) is 4.32. The molecule has 1 aromatic carbocycles. The lowest BCUT2D eigenvalue weighted by Gasteiger charge is -2.25. The third kappa shape index (κ3) is 2.18. The number of rotatable bonds is 2. The maximum Gasteiger partial charge on any atom is 0.335 e. The minimum absolute atomic E-state index is 0.215. The summed E-state index contributed by atoms with van der Waals surface area (Å²) in [5, 5.41) is 9.32. The summed E-state index contributed by atoms with van der Waals surface area (Å²) in [4.78, 5) is 10.9. The zero-order valence-electron chi connectivity index (χ0n) is 9.28. The van der Waals surface area contributed by atoms with Gasteiger partial charge in [0.05, 0.1) is 5.57 Å². The highest BCUT2D eigenvalue weighted by molar-refractivity contribution is 6.31. The van der Waals surface area contributed by atoms with Gasteiger partial charge in [0.15, 0.2) is 6.10 Å². The number of benzene rings is 1. The molecule has 0 aromatic heterocycles. The molecule has 1 unspecified atom stereocenters. The van der Waals surface area contributed by atoms with Gasteiger partial charge in [-0.2, -0.15) is 0 Å². The zero-order valence-corrected chi connectivity index (χ0v) is 10.0. The number of alkyl halides is 2. The Morgan fingerprint density at radius 3 is 2.72 bits per heavy atom. The van der Waals surface area contributed by atoms with Gasteiger partial charge in [-0.25, -0.2) is 13.6 Å². The van der Waals surface area contributed by atoms with Crippen molar-refractivity contribution in [2.75, 3.05) is 0 Å². The van der Waals surface area contributed by atoms with Crippen molar-refractivity contribution < 1.29 is 23.4 Å². The molecule has 6 heteroatoms. The van der Waals surface area contributed by atoms with Crippen molar-refractivity contribution in [3.05, 3.63) is 33.9 Å². The maximum absolute atomic E-state index is 12.7. The van der Waals surface area contributed by atoms with Crippen molar-refractivity contribution in [2.24, 2.45) is 0 Å². The van der Waals surface area contributed by atoms with Crippen molar-refractivity contribution >= 4 is 23.6 Å². The van der Waals surface area contributed by atoms with Crippen molar-refractivity contribution in [3.63, 3.8) is 0 Å². The minimum Gasteiger partial charge on any atom is -0.479 e. The van der Waals surface area contributed by atoms with Crippen molar-refractivity contribution in [2.45, 2.75) is 19.5 Å². The van der Waals surface area contributed by atoms with Gasteiger partial charge >= 0.3 is 5.97 Å². The molecule has 0 saturated heterocycles. The lowest BCUT2D eigenvalue weighted by molar-refractivity contribution is -0.134. The largest absolute Gasteiger partial charge is 0.479 e. The average molecular weight is 275 g/mol. The summed E-state index contributed by atoms with van der Waals surface area (Å²) in [5.41, 5.74) is 0.591. The standard InChI is InChI=1S/C12H9ClF2O3/c1-5-2-9-6(4-8(5)13)3-7(12(16)17)10(18-9)11(14)15/h2-4,10-11H,1H3,(H,16,17). The highest BCUT2D eigenvalue weighted by Crippen LogP contribution is 2.35. The molecule has 1 N–H and O–H groups in total. The van der Waals surface area contributed by atoms with Gasteiger partial charge in [0.1, 0.15) is 5.75 Å². The fraction of sp³-hybridized carbons (Fsp3) is 0.250. The second kappa shape index (κ2) is 4.57. The summed E-state index contributed by atoms with van der Waals surface area (Å²) in [6.07, 6.45) is -3.49. The lowest BCUT2D eigenvalue weighted by atomic mass is 10.0. The van der Waals surface area contributed by atoms with E-state index >= 15 is 0 Å². The molecular formula is C12H9ClF2O3. The van der Waals surface area contributed by atoms with Gasteiger partial charge < -0.3 is 9.84 Å². The summed E-state index contributed by atoms with van der Waals surface area (Å²) in [6, 6.07) is 3.01. The number of fused-ring (bicyclic) bond motifs is 1. The van der Waals surface area contributed by atoms with Crippen LogP contribution in [-0.2, 0) is 4.79 Å². The SMILES string of the molecule is Cc1cc2c(cc1Cl)C=C(C(=O)O)C(C(F)F)O2. The molecule has 3 nitrogen and oxygen atoms in total. The summed E-state index contributed by atoms with van der Waals surface area (Å²) in [7, 11) is 0. The summed E-state index contributed by atoms with van der Waals surface area (Å²) < 4.78 is 30.5. The first-order chi connectivity index (χ1) is 8.40. The molecular weight excluding hydrogens is 266 g/mol. The van der Waals surface area contributed by atoms with Gasteiger partial charge in [0.2, 0.25) is 0 Å². The van der Waals surface area contributed by atoms with Gasteiger partial charge in [0.25, 0.3) is 6.43 Å². The number of ether oxygens (including phenoxy) is 1. The number of carbonyl (C=O) groups is 1. The van der Waals surface area contributed by atoms with Crippen LogP contribution in [0.1, 0.15) is 11.1 Å². The van der Waals surface area contributed by atoms with Crippen LogP contribution in [0.3, 0.4) is 0 Å². The Morgan fingerprint density at radius 1 is 1.50 bits per heavy atom. The summed E-state index contributed by atoms with van der Waals surface area (Å²) in [5.74, 6) is -1.21. The highest BCUT2D eigenvalue weighted by atomic mass is 35.5. The van der Waals surface area contributed by atoms with E-state index in [-0.39, 0.29) is 5.75 Å². The molecule has 1 aliphatic heterocycles. The van der Waals surface area contributed by atoms with Crippen LogP contribution in [-0.4, -0.2) is 23.6 Å². The molecule has 0 fully saturated rings. The van der Waals surface area contributed by atoms with E-state index in [0.717, 1.165) is 0 Å². The number of hydrogen-bond acceptors (Lipinski definition) is 2. The molecule has 1 aromatic rings. The van der Waals surface area contributed by atoms with E-state index in [2.05, 4.69) is 0 Å². The minimum atomic E-state index is -2.91. The number of aliphatic carboxylic acids is 1. The average Bonchev–Trinajstić information content (AvgIpc) is 2.28. The predicted molar refractivity (Wildman–Crippen MR) is 62.2 cm³/mol. The van der Waals surface area contributed by atoms with Crippen LogP contribution in [0.15, 0.2) is 17.7 Å². The van der Waals surface area contributed by atoms with E-state index in [0.29, 0.717) is 16.1 Å². The molecule has 18 heavy (non-hydrogen) atoms. The Bertz CT molecular complexity index is 540. The fourth-order valence-corrected chi connectivity index (χ4v) is 1.88. The van der Waals surface area contributed by atoms with Gasteiger partial charge in [0, 0.05) is 10.6 Å². The summed E-state index contributed by atoms with van der Waals surface area (Å²) >= 11 is 5.89. The maximum atomic E-state index is 12.7. The third-order valence-electron chi connectivity index (χ3n) is 2.64. The zero-order chi connectivity index (χ0) is 13.4. The smallest absolute Gasteiger partial charge is 0.335 e. The molecule has 0 aliphatic carbocycles. The third-order valence-corrected chi connectivity index (χ3v) is 3.05. The molecule has 0 radical (unpaired) electrons. The van der Waals surface area contributed by atoms with Crippen LogP contribution in [0.4, 0.5) is 8.78 Å². The van der Waals surface area contributed by atoms with Crippen LogP contribution in [0.2, 0.25) is 5.02 Å². The van der Waals surface area contributed by atoms with Gasteiger partial charge in [-0.1, -0.05) is 11.6 Å².